The summed E-state index contributed by atoms with van der Waals surface area (Å²) in [7, 11) is 0. The standard InChI is InChI=1S/C24H24N2O5S2/c1-10-4-6-11(7-5-10)15-16-12-9-13(19(16)32-21-20(15)33-24(31)25-21)18-17(12)22(29)26(23(18)30)8-2-3-14(27)28/h4-7,12-13,15-19H,2-3,8-9H2,1H3,(H,25,31)(H,27,28)/t12-,13+,15+,16-,17+,18+,19-/m1/s1. The van der Waals surface area contributed by atoms with Gasteiger partial charge in [0.1, 0.15) is 0 Å². The van der Waals surface area contributed by atoms with Crippen molar-refractivity contribution in [2.45, 2.75) is 42.4 Å². The summed E-state index contributed by atoms with van der Waals surface area (Å²) in [5, 5.41) is 10.0. The van der Waals surface area contributed by atoms with Crippen LogP contribution in [-0.4, -0.2) is 44.6 Å². The molecule has 2 aromatic rings. The molecule has 172 valence electrons. The third kappa shape index (κ3) is 3.08. The van der Waals surface area contributed by atoms with Crippen LogP contribution >= 0.6 is 23.1 Å². The number of carboxylic acids is 1. The lowest BCUT2D eigenvalue weighted by molar-refractivity contribution is -0.142. The van der Waals surface area contributed by atoms with Crippen molar-refractivity contribution in [3.05, 3.63) is 49.9 Å². The number of carbonyl (C=O) groups is 3. The molecule has 2 amide bonds. The number of aromatic nitrogens is 1. The predicted molar refractivity (Wildman–Crippen MR) is 123 cm³/mol. The summed E-state index contributed by atoms with van der Waals surface area (Å²) in [6, 6.07) is 8.44. The second-order valence-corrected chi connectivity index (χ2v) is 11.9. The van der Waals surface area contributed by atoms with Crippen molar-refractivity contribution in [2.75, 3.05) is 6.54 Å². The highest BCUT2D eigenvalue weighted by molar-refractivity contribution is 8.00. The quantitative estimate of drug-likeness (QED) is 0.632. The topological polar surface area (TPSA) is 108 Å². The molecule has 3 fully saturated rings. The van der Waals surface area contributed by atoms with E-state index in [0.717, 1.165) is 21.9 Å². The van der Waals surface area contributed by atoms with E-state index in [1.54, 1.807) is 11.8 Å². The Balaban J connectivity index is 1.37. The van der Waals surface area contributed by atoms with Crippen LogP contribution in [0.5, 0.6) is 0 Å². The molecule has 0 spiro atoms. The number of rotatable bonds is 5. The van der Waals surface area contributed by atoms with Crippen LogP contribution in [0.2, 0.25) is 0 Å². The molecule has 2 aliphatic carbocycles. The molecule has 0 radical (unpaired) electrons. The summed E-state index contributed by atoms with van der Waals surface area (Å²) in [6.45, 7) is 2.23. The smallest absolute Gasteiger partial charge is 0.305 e. The number of benzene rings is 1. The Morgan fingerprint density at radius 1 is 1.12 bits per heavy atom. The minimum Gasteiger partial charge on any atom is -0.481 e. The molecule has 6 rings (SSSR count). The molecule has 9 heteroatoms. The number of aliphatic carboxylic acids is 1. The number of aryl methyl sites for hydroxylation is 1. The third-order valence-electron chi connectivity index (χ3n) is 8.02. The predicted octanol–water partition coefficient (Wildman–Crippen LogP) is 3.08. The van der Waals surface area contributed by atoms with E-state index < -0.39 is 5.97 Å². The summed E-state index contributed by atoms with van der Waals surface area (Å²) in [6.07, 6.45) is 1.09. The second-order valence-electron chi connectivity index (χ2n) is 9.70. The molecule has 2 saturated carbocycles. The molecule has 33 heavy (non-hydrogen) atoms. The molecule has 1 saturated heterocycles. The van der Waals surface area contributed by atoms with Gasteiger partial charge in [-0.15, -0.1) is 11.8 Å². The van der Waals surface area contributed by atoms with Gasteiger partial charge in [0.15, 0.2) is 0 Å². The first-order chi connectivity index (χ1) is 15.8. The maximum atomic E-state index is 13.4. The fraction of sp³-hybridized carbons (Fsp3) is 0.500. The first kappa shape index (κ1) is 21.2. The van der Waals surface area contributed by atoms with Gasteiger partial charge in [-0.25, -0.2) is 0 Å². The molecule has 2 bridgehead atoms. The van der Waals surface area contributed by atoms with E-state index in [4.69, 9.17) is 5.11 Å². The van der Waals surface area contributed by atoms with Crippen molar-refractivity contribution in [2.24, 2.45) is 29.6 Å². The average molecular weight is 485 g/mol. The van der Waals surface area contributed by atoms with Gasteiger partial charge in [0, 0.05) is 29.0 Å². The van der Waals surface area contributed by atoms with Gasteiger partial charge in [0.05, 0.1) is 16.9 Å². The monoisotopic (exact) mass is 484 g/mol. The van der Waals surface area contributed by atoms with Gasteiger partial charge in [-0.1, -0.05) is 41.2 Å². The van der Waals surface area contributed by atoms with Crippen LogP contribution in [0, 0.1) is 36.5 Å². The number of thiazole rings is 1. The molecular weight excluding hydrogens is 460 g/mol. The summed E-state index contributed by atoms with van der Waals surface area (Å²) in [5.74, 6) is -1.38. The Kier molecular flexibility index (Phi) is 4.85. The van der Waals surface area contributed by atoms with Gasteiger partial charge in [0.25, 0.3) is 0 Å². The maximum absolute atomic E-state index is 13.4. The van der Waals surface area contributed by atoms with Crippen molar-refractivity contribution in [3.63, 3.8) is 0 Å². The number of hydrogen-bond donors (Lipinski definition) is 2. The van der Waals surface area contributed by atoms with Crippen molar-refractivity contribution in [1.29, 1.82) is 0 Å². The number of amides is 2. The molecule has 7 nitrogen and oxygen atoms in total. The van der Waals surface area contributed by atoms with Crippen molar-refractivity contribution in [3.8, 4) is 0 Å². The lowest BCUT2D eigenvalue weighted by Crippen LogP contribution is -2.42. The molecule has 2 N–H and O–H groups in total. The largest absolute Gasteiger partial charge is 0.481 e. The summed E-state index contributed by atoms with van der Waals surface area (Å²) >= 11 is 2.95. The minimum absolute atomic E-state index is 0.0377. The van der Waals surface area contributed by atoms with Crippen molar-refractivity contribution in [1.82, 2.24) is 9.88 Å². The van der Waals surface area contributed by atoms with Crippen molar-refractivity contribution < 1.29 is 19.5 Å². The molecule has 1 aromatic heterocycles. The van der Waals surface area contributed by atoms with E-state index in [1.165, 1.54) is 21.8 Å². The lowest BCUT2D eigenvalue weighted by atomic mass is 9.68. The van der Waals surface area contributed by atoms with E-state index in [0.29, 0.717) is 0 Å². The highest BCUT2D eigenvalue weighted by Crippen LogP contribution is 2.68. The normalized spacial score (nSPS) is 33.8. The van der Waals surface area contributed by atoms with Gasteiger partial charge >= 0.3 is 10.8 Å². The van der Waals surface area contributed by atoms with E-state index in [2.05, 4.69) is 29.2 Å². The number of likely N-dealkylation sites (tertiary alicyclic amines) is 1. The molecule has 2 aliphatic heterocycles. The first-order valence-corrected chi connectivity index (χ1v) is 13.1. The number of carbonyl (C=O) groups excluding carboxylic acids is 2. The van der Waals surface area contributed by atoms with Crippen LogP contribution in [-0.2, 0) is 14.4 Å². The zero-order chi connectivity index (χ0) is 23.0. The van der Waals surface area contributed by atoms with Crippen LogP contribution in [0.4, 0.5) is 0 Å². The van der Waals surface area contributed by atoms with Gasteiger partial charge in [-0.2, -0.15) is 0 Å². The van der Waals surface area contributed by atoms with E-state index in [1.807, 2.05) is 6.92 Å². The maximum Gasteiger partial charge on any atom is 0.305 e. The number of aromatic amines is 1. The number of thioether (sulfide) groups is 1. The summed E-state index contributed by atoms with van der Waals surface area (Å²) < 4.78 is 0. The number of fused-ring (bicyclic) bond motifs is 9. The Hall–Kier alpha value is -2.39. The van der Waals surface area contributed by atoms with Crippen LogP contribution < -0.4 is 4.87 Å². The Morgan fingerprint density at radius 3 is 2.52 bits per heavy atom. The highest BCUT2D eigenvalue weighted by Gasteiger charge is 2.69. The zero-order valence-electron chi connectivity index (χ0n) is 18.0. The van der Waals surface area contributed by atoms with Crippen LogP contribution in [0.25, 0.3) is 0 Å². The molecule has 0 unspecified atom stereocenters. The fourth-order valence-corrected chi connectivity index (χ4v) is 9.72. The highest BCUT2D eigenvalue weighted by atomic mass is 32.2. The SMILES string of the molecule is Cc1ccc([C@@H]2c3sc(=O)[nH]c3S[C@@H]3[C@H]4C[C@@H]([C@@H]5C(=O)N(CCCC(=O)O)C(=O)[C@@H]45)[C@H]23)cc1. The van der Waals surface area contributed by atoms with E-state index in [-0.39, 0.29) is 76.8 Å². The minimum atomic E-state index is -0.919. The number of nitrogens with one attached hydrogen (secondary N) is 1. The Bertz CT molecular complexity index is 1220. The molecule has 4 aliphatic rings. The van der Waals surface area contributed by atoms with Gasteiger partial charge in [0.2, 0.25) is 11.8 Å². The first-order valence-electron chi connectivity index (χ1n) is 11.4. The number of imide groups is 1. The average Bonchev–Trinajstić information content (AvgIpc) is 3.49. The molecule has 1 aromatic carbocycles. The van der Waals surface area contributed by atoms with Crippen LogP contribution in [0.3, 0.4) is 0 Å². The van der Waals surface area contributed by atoms with Crippen molar-refractivity contribution >= 4 is 40.9 Å². The van der Waals surface area contributed by atoms with E-state index >= 15 is 0 Å². The lowest BCUT2D eigenvalue weighted by Gasteiger charge is -2.43. The van der Waals surface area contributed by atoms with Gasteiger partial charge in [-0.3, -0.25) is 24.1 Å². The number of hydrogen-bond acceptors (Lipinski definition) is 6. The number of nitrogens with zero attached hydrogens (tertiary/aromatic N) is 1. The van der Waals surface area contributed by atoms with Crippen LogP contribution in [0.15, 0.2) is 34.1 Å². The summed E-state index contributed by atoms with van der Waals surface area (Å²) in [4.78, 5) is 55.1. The molecular formula is C24H24N2O5S2. The van der Waals surface area contributed by atoms with Gasteiger partial charge in [-0.05, 0) is 43.1 Å². The Labute approximate surface area is 198 Å². The fourth-order valence-electron chi connectivity index (χ4n) is 6.83. The van der Waals surface area contributed by atoms with E-state index in [9.17, 15) is 19.2 Å². The molecule has 7 atom stereocenters. The third-order valence-corrected chi connectivity index (χ3v) is 10.6. The number of carboxylic acid groups (broad SMARTS) is 1. The van der Waals surface area contributed by atoms with Gasteiger partial charge < -0.3 is 10.1 Å². The second kappa shape index (κ2) is 7.56. The number of H-pyrrole nitrogens is 1. The molecule has 3 heterocycles. The zero-order valence-corrected chi connectivity index (χ0v) is 19.7. The summed E-state index contributed by atoms with van der Waals surface area (Å²) in [5.41, 5.74) is 2.33. The Morgan fingerprint density at radius 2 is 1.82 bits per heavy atom. The van der Waals surface area contributed by atoms with Crippen LogP contribution in [0.1, 0.15) is 41.2 Å².